The summed E-state index contributed by atoms with van der Waals surface area (Å²) in [5, 5.41) is 2.80. The zero-order valence-corrected chi connectivity index (χ0v) is 21.7. The highest BCUT2D eigenvalue weighted by Gasteiger charge is 2.41. The van der Waals surface area contributed by atoms with Crippen molar-refractivity contribution in [2.75, 3.05) is 32.7 Å². The molecule has 0 aromatic carbocycles. The summed E-state index contributed by atoms with van der Waals surface area (Å²) in [7, 11) is 0. The van der Waals surface area contributed by atoms with Crippen molar-refractivity contribution >= 4 is 23.6 Å². The fraction of sp³-hybridized carbons (Fsp3) is 0.692. The second-order valence-corrected chi connectivity index (χ2v) is 10.7. The van der Waals surface area contributed by atoms with Crippen LogP contribution in [0.4, 0.5) is 0 Å². The van der Waals surface area contributed by atoms with Crippen LogP contribution in [-0.2, 0) is 14.4 Å². The summed E-state index contributed by atoms with van der Waals surface area (Å²) >= 11 is 0. The Hall–Kier alpha value is -3.04. The third-order valence-corrected chi connectivity index (χ3v) is 7.95. The van der Waals surface area contributed by atoms with Gasteiger partial charge in [0, 0.05) is 57.8 Å². The predicted molar refractivity (Wildman–Crippen MR) is 133 cm³/mol. The summed E-state index contributed by atoms with van der Waals surface area (Å²) in [5.41, 5.74) is 0.244. The van der Waals surface area contributed by atoms with Gasteiger partial charge in [0.2, 0.25) is 17.7 Å². The number of hydrogen-bond acceptors (Lipinski definition) is 6. The first-order valence-electron chi connectivity index (χ1n) is 13.1. The Balaban J connectivity index is 1.31. The molecule has 1 aromatic rings. The number of likely N-dealkylation sites (tertiary alicyclic amines) is 2. The molecule has 0 radical (unpaired) electrons. The maximum Gasteiger partial charge on any atom is 0.274 e. The highest BCUT2D eigenvalue weighted by Crippen LogP contribution is 2.31. The van der Waals surface area contributed by atoms with E-state index in [1.165, 1.54) is 6.20 Å². The van der Waals surface area contributed by atoms with Crippen LogP contribution in [-0.4, -0.2) is 92.6 Å². The number of nitrogens with zero attached hydrogens (tertiary/aromatic N) is 5. The van der Waals surface area contributed by atoms with Gasteiger partial charge in [-0.15, -0.1) is 0 Å². The van der Waals surface area contributed by atoms with E-state index in [9.17, 15) is 19.2 Å². The molecule has 3 aliphatic heterocycles. The molecule has 0 bridgehead atoms. The van der Waals surface area contributed by atoms with Crippen LogP contribution in [0.25, 0.3) is 0 Å². The molecule has 3 saturated heterocycles. The number of hydrogen-bond donors (Lipinski definition) is 1. The van der Waals surface area contributed by atoms with Gasteiger partial charge >= 0.3 is 0 Å². The maximum absolute atomic E-state index is 13.2. The van der Waals surface area contributed by atoms with E-state index in [2.05, 4.69) is 15.3 Å². The van der Waals surface area contributed by atoms with Crippen LogP contribution in [0.3, 0.4) is 0 Å². The second kappa shape index (κ2) is 10.9. The minimum atomic E-state index is -0.901. The maximum atomic E-state index is 13.2. The van der Waals surface area contributed by atoms with Crippen LogP contribution in [0.2, 0.25) is 0 Å². The first-order valence-corrected chi connectivity index (χ1v) is 13.1. The van der Waals surface area contributed by atoms with Crippen LogP contribution in [0.15, 0.2) is 12.4 Å². The summed E-state index contributed by atoms with van der Waals surface area (Å²) in [6.07, 6.45) is 8.12. The van der Waals surface area contributed by atoms with E-state index in [1.54, 1.807) is 24.9 Å². The molecule has 1 N–H and O–H groups in total. The van der Waals surface area contributed by atoms with Crippen LogP contribution >= 0.6 is 0 Å². The molecule has 0 spiro atoms. The van der Waals surface area contributed by atoms with Gasteiger partial charge in [0.15, 0.2) is 0 Å². The molecule has 4 heterocycles. The number of piperidine rings is 2. The zero-order chi connectivity index (χ0) is 25.9. The first kappa shape index (κ1) is 26.0. The van der Waals surface area contributed by atoms with Gasteiger partial charge < -0.3 is 20.0 Å². The Labute approximate surface area is 212 Å². The second-order valence-electron chi connectivity index (χ2n) is 10.7. The molecule has 3 aliphatic rings. The molecule has 36 heavy (non-hydrogen) atoms. The lowest BCUT2D eigenvalue weighted by molar-refractivity contribution is -0.150. The van der Waals surface area contributed by atoms with Gasteiger partial charge in [-0.1, -0.05) is 0 Å². The van der Waals surface area contributed by atoms with E-state index in [1.807, 2.05) is 16.7 Å². The Bertz CT molecular complexity index is 987. The fourth-order valence-electron chi connectivity index (χ4n) is 5.74. The van der Waals surface area contributed by atoms with Crippen molar-refractivity contribution in [3.8, 4) is 0 Å². The molecule has 1 aromatic heterocycles. The number of aryl methyl sites for hydroxylation is 1. The number of aromatic nitrogens is 2. The monoisotopic (exact) mass is 498 g/mol. The molecule has 3 fully saturated rings. The normalized spacial score (nSPS) is 22.8. The lowest BCUT2D eigenvalue weighted by Crippen LogP contribution is -2.63. The van der Waals surface area contributed by atoms with Gasteiger partial charge in [-0.3, -0.25) is 24.2 Å². The molecule has 4 amide bonds. The Morgan fingerprint density at radius 1 is 0.972 bits per heavy atom. The molecule has 1 atom stereocenters. The molecule has 4 rings (SSSR count). The van der Waals surface area contributed by atoms with Gasteiger partial charge in [0.1, 0.15) is 11.2 Å². The fourth-order valence-corrected chi connectivity index (χ4v) is 5.74. The van der Waals surface area contributed by atoms with E-state index >= 15 is 0 Å². The topological polar surface area (TPSA) is 116 Å². The van der Waals surface area contributed by atoms with Gasteiger partial charge in [-0.2, -0.15) is 0 Å². The number of piperazine rings is 1. The zero-order valence-electron chi connectivity index (χ0n) is 21.7. The molecule has 1 unspecified atom stereocenters. The number of amides is 4. The highest BCUT2D eigenvalue weighted by molar-refractivity contribution is 5.93. The predicted octanol–water partition coefficient (Wildman–Crippen LogP) is 1.54. The van der Waals surface area contributed by atoms with E-state index in [-0.39, 0.29) is 42.5 Å². The lowest BCUT2D eigenvalue weighted by Gasteiger charge is -2.44. The minimum absolute atomic E-state index is 0.0146. The Morgan fingerprint density at radius 3 is 2.39 bits per heavy atom. The summed E-state index contributed by atoms with van der Waals surface area (Å²) in [5.74, 6) is -0.0551. The number of nitrogens with one attached hydrogen (secondary N) is 1. The molecule has 10 heteroatoms. The van der Waals surface area contributed by atoms with Crippen molar-refractivity contribution in [3.05, 3.63) is 23.8 Å². The molecular weight excluding hydrogens is 460 g/mol. The molecule has 10 nitrogen and oxygen atoms in total. The standard InChI is InChI=1S/C26H38N6O4/c1-18-16-29-20(17-28-18)24(35)30-13-9-19(10-14-30)21-6-4-5-12-31(21)22(33)7-8-23(34)32-15-11-27-25(36)26(32,2)3/h16-17,19,21H,4-15H2,1-3H3,(H,27,36). The SMILES string of the molecule is Cc1cnc(C(=O)N2CCC(C3CCCCN3C(=O)CCC(=O)N3CCNC(=O)C3(C)C)CC2)cn1. The first-order chi connectivity index (χ1) is 17.2. The highest BCUT2D eigenvalue weighted by atomic mass is 16.2. The number of carbonyl (C=O) groups is 4. The van der Waals surface area contributed by atoms with Crippen LogP contribution in [0.5, 0.6) is 0 Å². The van der Waals surface area contributed by atoms with Crippen molar-refractivity contribution in [1.29, 1.82) is 0 Å². The van der Waals surface area contributed by atoms with Crippen LogP contribution in [0, 0.1) is 12.8 Å². The Kier molecular flexibility index (Phi) is 7.90. The quantitative estimate of drug-likeness (QED) is 0.658. The summed E-state index contributed by atoms with van der Waals surface area (Å²) in [4.78, 5) is 64.9. The van der Waals surface area contributed by atoms with Crippen molar-refractivity contribution in [2.45, 2.75) is 77.3 Å². The Morgan fingerprint density at radius 2 is 1.69 bits per heavy atom. The third kappa shape index (κ3) is 5.52. The number of carbonyl (C=O) groups excluding carboxylic acids is 4. The summed E-state index contributed by atoms with van der Waals surface area (Å²) < 4.78 is 0. The van der Waals surface area contributed by atoms with Crippen molar-refractivity contribution in [2.24, 2.45) is 5.92 Å². The van der Waals surface area contributed by atoms with Gasteiger partial charge in [-0.25, -0.2) is 4.98 Å². The average molecular weight is 499 g/mol. The van der Waals surface area contributed by atoms with Gasteiger partial charge in [0.05, 0.1) is 11.9 Å². The van der Waals surface area contributed by atoms with Gasteiger partial charge in [-0.05, 0) is 58.8 Å². The number of rotatable bonds is 5. The third-order valence-electron chi connectivity index (χ3n) is 7.95. The summed E-state index contributed by atoms with van der Waals surface area (Å²) in [6.45, 7) is 8.22. The smallest absolute Gasteiger partial charge is 0.274 e. The molecule has 0 aliphatic carbocycles. The largest absolute Gasteiger partial charge is 0.352 e. The molecule has 196 valence electrons. The van der Waals surface area contributed by atoms with E-state index in [0.717, 1.165) is 37.8 Å². The van der Waals surface area contributed by atoms with E-state index in [4.69, 9.17) is 0 Å². The van der Waals surface area contributed by atoms with Gasteiger partial charge in [0.25, 0.3) is 5.91 Å². The average Bonchev–Trinajstić information content (AvgIpc) is 2.89. The van der Waals surface area contributed by atoms with Crippen molar-refractivity contribution < 1.29 is 19.2 Å². The van der Waals surface area contributed by atoms with E-state index in [0.29, 0.717) is 44.3 Å². The summed E-state index contributed by atoms with van der Waals surface area (Å²) in [6, 6.07) is 0.148. The van der Waals surface area contributed by atoms with Crippen molar-refractivity contribution in [3.63, 3.8) is 0 Å². The van der Waals surface area contributed by atoms with Crippen molar-refractivity contribution in [1.82, 2.24) is 30.0 Å². The van der Waals surface area contributed by atoms with Crippen LogP contribution < -0.4 is 5.32 Å². The minimum Gasteiger partial charge on any atom is -0.352 e. The van der Waals surface area contributed by atoms with E-state index < -0.39 is 5.54 Å². The lowest BCUT2D eigenvalue weighted by atomic mass is 9.83. The molecular formula is C26H38N6O4. The van der Waals surface area contributed by atoms with Crippen LogP contribution in [0.1, 0.15) is 75.0 Å². The molecule has 0 saturated carbocycles.